The Labute approximate surface area is 136 Å². The summed E-state index contributed by atoms with van der Waals surface area (Å²) in [6.07, 6.45) is -7.86. The minimum Gasteiger partial charge on any atom is -0.343 e. The third-order valence-corrected chi connectivity index (χ3v) is 2.97. The second-order valence-electron chi connectivity index (χ2n) is 4.70. The van der Waals surface area contributed by atoms with Crippen molar-refractivity contribution >= 4 is 0 Å². The molecule has 0 aliphatic heterocycles. The van der Waals surface area contributed by atoms with Gasteiger partial charge in [-0.15, -0.1) is 0 Å². The number of aromatic nitrogens is 2. The summed E-state index contributed by atoms with van der Waals surface area (Å²) in [6.45, 7) is 0. The van der Waals surface area contributed by atoms with Crippen molar-refractivity contribution in [2.75, 3.05) is 0 Å². The SMILES string of the molecule is FC(F)(F)C(F)(F)C(F)(F)C(F)(F)C(F)(F)C(F)(F)C(F)(F)c1ncon1. The molecule has 3 nitrogen and oxygen atoms in total. The Bertz CT molecular complexity index is 661. The third-order valence-electron chi connectivity index (χ3n) is 2.97. The van der Waals surface area contributed by atoms with Crippen LogP contribution >= 0.6 is 0 Å². The molecule has 0 atom stereocenters. The molecule has 158 valence electrons. The molecular weight excluding hydrogens is 437 g/mol. The lowest BCUT2D eigenvalue weighted by atomic mass is 9.91. The van der Waals surface area contributed by atoms with Crippen molar-refractivity contribution in [3.05, 3.63) is 12.2 Å². The van der Waals surface area contributed by atoms with E-state index in [0.29, 0.717) is 0 Å². The van der Waals surface area contributed by atoms with Gasteiger partial charge in [0.1, 0.15) is 0 Å². The molecule has 27 heavy (non-hydrogen) atoms. The summed E-state index contributed by atoms with van der Waals surface area (Å²) in [5, 5.41) is 1.89. The molecule has 0 radical (unpaired) electrons. The molecule has 0 aromatic carbocycles. The Balaban J connectivity index is 3.60. The first-order chi connectivity index (χ1) is 11.6. The van der Waals surface area contributed by atoms with Crippen LogP contribution in [0.25, 0.3) is 0 Å². The summed E-state index contributed by atoms with van der Waals surface area (Å²) < 4.78 is 196. The molecule has 0 N–H and O–H groups in total. The van der Waals surface area contributed by atoms with Crippen LogP contribution in [0.15, 0.2) is 10.9 Å². The molecule has 1 aromatic rings. The largest absolute Gasteiger partial charge is 0.460 e. The van der Waals surface area contributed by atoms with Gasteiger partial charge in [-0.05, 0) is 0 Å². The van der Waals surface area contributed by atoms with Crippen LogP contribution in [0.3, 0.4) is 0 Å². The van der Waals surface area contributed by atoms with E-state index < -0.39 is 47.5 Å². The fourth-order valence-electron chi connectivity index (χ4n) is 1.42. The molecule has 1 rings (SSSR count). The zero-order valence-electron chi connectivity index (χ0n) is 11.5. The van der Waals surface area contributed by atoms with Gasteiger partial charge in [-0.25, -0.2) is 0 Å². The minimum absolute atomic E-state index is 0.220. The lowest BCUT2D eigenvalue weighted by Gasteiger charge is -2.40. The van der Waals surface area contributed by atoms with Gasteiger partial charge in [-0.1, -0.05) is 5.16 Å². The van der Waals surface area contributed by atoms with Crippen molar-refractivity contribution in [1.29, 1.82) is 0 Å². The second kappa shape index (κ2) is 5.79. The molecule has 0 fully saturated rings. The Morgan fingerprint density at radius 1 is 0.556 bits per heavy atom. The number of rotatable bonds is 6. The van der Waals surface area contributed by atoms with E-state index in [9.17, 15) is 65.9 Å². The van der Waals surface area contributed by atoms with Crippen LogP contribution in [0.4, 0.5) is 65.9 Å². The van der Waals surface area contributed by atoms with Gasteiger partial charge in [0.25, 0.3) is 0 Å². The Hall–Kier alpha value is -1.91. The van der Waals surface area contributed by atoms with Crippen molar-refractivity contribution in [3.8, 4) is 0 Å². The summed E-state index contributed by atoms with van der Waals surface area (Å²) in [7, 11) is 0. The van der Waals surface area contributed by atoms with Crippen LogP contribution in [0.5, 0.6) is 0 Å². The number of halogens is 15. The van der Waals surface area contributed by atoms with Crippen molar-refractivity contribution in [3.63, 3.8) is 0 Å². The molecule has 0 aliphatic rings. The zero-order valence-corrected chi connectivity index (χ0v) is 11.5. The average Bonchev–Trinajstić information content (AvgIpc) is 2.99. The van der Waals surface area contributed by atoms with Crippen molar-refractivity contribution in [2.24, 2.45) is 0 Å². The van der Waals surface area contributed by atoms with Gasteiger partial charge in [-0.3, -0.25) is 0 Å². The second-order valence-corrected chi connectivity index (χ2v) is 4.70. The maximum atomic E-state index is 13.3. The normalized spacial score (nSPS) is 16.0. The Morgan fingerprint density at radius 3 is 1.26 bits per heavy atom. The number of hydrogen-bond donors (Lipinski definition) is 0. The standard InChI is InChI=1S/C9HF15N2O/c10-3(11,2-25-1-27-26-2)4(12,13)5(14,15)6(16,17)7(18,19)8(20,21)9(22,23)24/h1H. The van der Waals surface area contributed by atoms with Crippen LogP contribution in [0.1, 0.15) is 5.82 Å². The molecule has 0 bridgehead atoms. The molecule has 1 aromatic heterocycles. The average molecular weight is 438 g/mol. The molecule has 0 spiro atoms. The molecule has 0 amide bonds. The fraction of sp³-hybridized carbons (Fsp3) is 0.778. The highest BCUT2D eigenvalue weighted by Gasteiger charge is 2.93. The highest BCUT2D eigenvalue weighted by atomic mass is 19.4. The monoisotopic (exact) mass is 438 g/mol. The lowest BCUT2D eigenvalue weighted by Crippen LogP contribution is -2.72. The van der Waals surface area contributed by atoms with Crippen LogP contribution < -0.4 is 0 Å². The van der Waals surface area contributed by atoms with E-state index in [1.165, 1.54) is 0 Å². The summed E-state index contributed by atoms with van der Waals surface area (Å²) >= 11 is 0. The van der Waals surface area contributed by atoms with E-state index in [-0.39, 0.29) is 6.39 Å². The Morgan fingerprint density at radius 2 is 0.926 bits per heavy atom. The van der Waals surface area contributed by atoms with E-state index in [1.807, 2.05) is 5.16 Å². The van der Waals surface area contributed by atoms with Gasteiger partial charge in [-0.2, -0.15) is 70.8 Å². The van der Waals surface area contributed by atoms with Crippen LogP contribution in [0.2, 0.25) is 0 Å². The quantitative estimate of drug-likeness (QED) is 0.594. The number of alkyl halides is 15. The minimum atomic E-state index is -8.34. The molecule has 0 unspecified atom stereocenters. The van der Waals surface area contributed by atoms with Gasteiger partial charge < -0.3 is 4.52 Å². The smallest absolute Gasteiger partial charge is 0.343 e. The number of hydrogen-bond acceptors (Lipinski definition) is 3. The maximum absolute atomic E-state index is 13.3. The number of nitrogens with zero attached hydrogens (tertiary/aromatic N) is 2. The van der Waals surface area contributed by atoms with Crippen LogP contribution in [-0.2, 0) is 5.92 Å². The van der Waals surface area contributed by atoms with E-state index in [2.05, 4.69) is 9.51 Å². The van der Waals surface area contributed by atoms with Crippen molar-refractivity contribution in [2.45, 2.75) is 41.7 Å². The fourth-order valence-corrected chi connectivity index (χ4v) is 1.42. The van der Waals surface area contributed by atoms with Crippen molar-refractivity contribution in [1.82, 2.24) is 10.1 Å². The zero-order chi connectivity index (χ0) is 21.9. The van der Waals surface area contributed by atoms with Gasteiger partial charge >= 0.3 is 41.7 Å². The van der Waals surface area contributed by atoms with Crippen LogP contribution in [0, 0.1) is 0 Å². The lowest BCUT2D eigenvalue weighted by molar-refractivity contribution is -0.454. The van der Waals surface area contributed by atoms with Crippen molar-refractivity contribution < 1.29 is 70.4 Å². The predicted molar refractivity (Wildman–Crippen MR) is 49.0 cm³/mol. The molecule has 0 aliphatic carbocycles. The van der Waals surface area contributed by atoms with E-state index in [4.69, 9.17) is 0 Å². The van der Waals surface area contributed by atoms with E-state index in [0.717, 1.165) is 0 Å². The molecular formula is C9HF15N2O. The molecule has 1 heterocycles. The first-order valence-corrected chi connectivity index (χ1v) is 5.71. The predicted octanol–water partition coefficient (Wildman–Crippen LogP) is 4.90. The Kier molecular flexibility index (Phi) is 4.96. The summed E-state index contributed by atoms with van der Waals surface area (Å²) in [6, 6.07) is 0. The highest BCUT2D eigenvalue weighted by molar-refractivity contribution is 5.15. The maximum Gasteiger partial charge on any atom is 0.460 e. The summed E-state index contributed by atoms with van der Waals surface area (Å²) in [5.41, 5.74) is 0. The van der Waals surface area contributed by atoms with Crippen LogP contribution in [-0.4, -0.2) is 45.9 Å². The molecule has 0 saturated carbocycles. The van der Waals surface area contributed by atoms with Gasteiger partial charge in [0.05, 0.1) is 0 Å². The van der Waals surface area contributed by atoms with Gasteiger partial charge in [0.2, 0.25) is 12.2 Å². The van der Waals surface area contributed by atoms with Gasteiger partial charge in [0.15, 0.2) is 0 Å². The summed E-state index contributed by atoms with van der Waals surface area (Å²) in [5.74, 6) is -49.9. The third kappa shape index (κ3) is 2.77. The molecule has 0 saturated heterocycles. The summed E-state index contributed by atoms with van der Waals surface area (Å²) in [4.78, 5) is 2.10. The topological polar surface area (TPSA) is 38.9 Å². The van der Waals surface area contributed by atoms with E-state index >= 15 is 0 Å². The highest BCUT2D eigenvalue weighted by Crippen LogP contribution is 2.63. The first-order valence-electron chi connectivity index (χ1n) is 5.71. The first kappa shape index (κ1) is 23.1. The van der Waals surface area contributed by atoms with E-state index in [1.54, 1.807) is 0 Å². The van der Waals surface area contributed by atoms with Gasteiger partial charge in [0, 0.05) is 0 Å². The molecule has 18 heteroatoms.